The van der Waals surface area contributed by atoms with Crippen molar-refractivity contribution < 1.29 is 31.9 Å². The van der Waals surface area contributed by atoms with Gasteiger partial charge in [-0.2, -0.15) is 13.2 Å². The van der Waals surface area contributed by atoms with Crippen LogP contribution in [0.2, 0.25) is 5.02 Å². The van der Waals surface area contributed by atoms with Crippen molar-refractivity contribution in [1.82, 2.24) is 15.5 Å². The minimum atomic E-state index is -4.70. The Morgan fingerprint density at radius 1 is 1.03 bits per heavy atom. The van der Waals surface area contributed by atoms with E-state index in [1.54, 1.807) is 11.8 Å². The predicted molar refractivity (Wildman–Crippen MR) is 133 cm³/mol. The van der Waals surface area contributed by atoms with Gasteiger partial charge in [-0.1, -0.05) is 17.7 Å². The van der Waals surface area contributed by atoms with Gasteiger partial charge in [0.15, 0.2) is 0 Å². The maximum absolute atomic E-state index is 15.0. The molecule has 4 rings (SSSR count). The number of benzene rings is 2. The first-order valence-corrected chi connectivity index (χ1v) is 12.7. The minimum absolute atomic E-state index is 0.0651. The number of hydrogen-bond donors (Lipinski definition) is 2. The Morgan fingerprint density at radius 2 is 1.66 bits per heavy atom. The molecule has 1 saturated heterocycles. The molecule has 2 fully saturated rings. The lowest BCUT2D eigenvalue weighted by Crippen LogP contribution is -2.49. The molecule has 2 aliphatic rings. The summed E-state index contributed by atoms with van der Waals surface area (Å²) in [6.45, 7) is 5.47. The average Bonchev–Trinajstić information content (AvgIpc) is 3.54. The van der Waals surface area contributed by atoms with E-state index in [4.69, 9.17) is 11.6 Å². The molecule has 1 saturated carbocycles. The zero-order valence-electron chi connectivity index (χ0n) is 21.1. The standard InChI is InChI=1S/C27H28ClF4N3O3/c1-14-4-5-15(2)35(14)24(37)17-6-7-21(22(29)12-17)16(3)33-25(38)26(8-9-26)34-23(36)18-10-19(27(30,31)32)13-20(28)11-18/h6-7,10-16H,4-5,8-9H2,1-3H3,(H,33,38)(H,34,36)/t14?,15?,16-/m1/s1. The number of nitrogens with one attached hydrogen (secondary N) is 2. The first kappa shape index (κ1) is 27.9. The summed E-state index contributed by atoms with van der Waals surface area (Å²) in [6.07, 6.45) is -2.39. The summed E-state index contributed by atoms with van der Waals surface area (Å²) < 4.78 is 54.3. The Bertz CT molecular complexity index is 1270. The SMILES string of the molecule is CC1CCC(C)N1C(=O)c1ccc([C@@H](C)NC(=O)C2(NC(=O)c3cc(Cl)cc(C(F)(F)F)c3)CC2)c(F)c1. The van der Waals surface area contributed by atoms with Gasteiger partial charge >= 0.3 is 6.18 Å². The Kier molecular flexibility index (Phi) is 7.49. The second-order valence-electron chi connectivity index (χ2n) is 10.2. The van der Waals surface area contributed by atoms with E-state index < -0.39 is 41.0 Å². The average molecular weight is 554 g/mol. The maximum Gasteiger partial charge on any atom is 0.416 e. The summed E-state index contributed by atoms with van der Waals surface area (Å²) in [5.41, 5.74) is -2.35. The number of halogens is 5. The summed E-state index contributed by atoms with van der Waals surface area (Å²) in [4.78, 5) is 40.3. The molecule has 204 valence electrons. The van der Waals surface area contributed by atoms with Gasteiger partial charge < -0.3 is 15.5 Å². The predicted octanol–water partition coefficient (Wildman–Crippen LogP) is 5.65. The monoisotopic (exact) mass is 553 g/mol. The topological polar surface area (TPSA) is 78.5 Å². The molecule has 3 atom stereocenters. The van der Waals surface area contributed by atoms with E-state index in [1.165, 1.54) is 12.1 Å². The van der Waals surface area contributed by atoms with E-state index in [-0.39, 0.29) is 52.5 Å². The third-order valence-electron chi connectivity index (χ3n) is 7.27. The normalized spacial score (nSPS) is 21.1. The lowest BCUT2D eigenvalue weighted by atomic mass is 10.0. The fourth-order valence-corrected chi connectivity index (χ4v) is 5.11. The number of likely N-dealkylation sites (tertiary alicyclic amines) is 1. The van der Waals surface area contributed by atoms with Crippen LogP contribution in [-0.2, 0) is 11.0 Å². The number of carbonyl (C=O) groups is 3. The number of amides is 3. The second kappa shape index (κ2) is 10.2. The fraction of sp³-hybridized carbons (Fsp3) is 0.444. The molecular weight excluding hydrogens is 526 g/mol. The molecule has 11 heteroatoms. The van der Waals surface area contributed by atoms with Crippen molar-refractivity contribution in [3.05, 3.63) is 69.5 Å². The molecular formula is C27H28ClF4N3O3. The minimum Gasteiger partial charge on any atom is -0.347 e. The van der Waals surface area contributed by atoms with Crippen LogP contribution in [0.1, 0.15) is 84.3 Å². The van der Waals surface area contributed by atoms with E-state index in [1.807, 2.05) is 13.8 Å². The third kappa shape index (κ3) is 5.65. The van der Waals surface area contributed by atoms with Crippen LogP contribution in [0, 0.1) is 5.82 Å². The van der Waals surface area contributed by atoms with Gasteiger partial charge in [0.2, 0.25) is 5.91 Å². The van der Waals surface area contributed by atoms with E-state index in [0.717, 1.165) is 25.0 Å². The summed E-state index contributed by atoms with van der Waals surface area (Å²) in [5.74, 6) is -2.37. The van der Waals surface area contributed by atoms with Crippen LogP contribution in [0.15, 0.2) is 36.4 Å². The lowest BCUT2D eigenvalue weighted by molar-refractivity contribution is -0.137. The molecule has 2 unspecified atom stereocenters. The van der Waals surface area contributed by atoms with E-state index in [9.17, 15) is 27.6 Å². The van der Waals surface area contributed by atoms with Crippen LogP contribution in [0.5, 0.6) is 0 Å². The molecule has 0 spiro atoms. The second-order valence-corrected chi connectivity index (χ2v) is 10.6. The summed E-state index contributed by atoms with van der Waals surface area (Å²) >= 11 is 5.76. The van der Waals surface area contributed by atoms with Gasteiger partial charge in [0.05, 0.1) is 11.6 Å². The summed E-state index contributed by atoms with van der Waals surface area (Å²) in [5, 5.41) is 4.91. The summed E-state index contributed by atoms with van der Waals surface area (Å²) in [7, 11) is 0. The lowest BCUT2D eigenvalue weighted by Gasteiger charge is -2.27. The van der Waals surface area contributed by atoms with Crippen molar-refractivity contribution >= 4 is 29.3 Å². The number of rotatable bonds is 6. The van der Waals surface area contributed by atoms with Crippen molar-refractivity contribution in [2.75, 3.05) is 0 Å². The Labute approximate surface area is 222 Å². The smallest absolute Gasteiger partial charge is 0.347 e. The van der Waals surface area contributed by atoms with Crippen LogP contribution in [0.4, 0.5) is 17.6 Å². The highest BCUT2D eigenvalue weighted by Crippen LogP contribution is 2.38. The molecule has 38 heavy (non-hydrogen) atoms. The largest absolute Gasteiger partial charge is 0.416 e. The first-order chi connectivity index (χ1) is 17.7. The summed E-state index contributed by atoms with van der Waals surface area (Å²) in [6, 6.07) is 5.92. The van der Waals surface area contributed by atoms with Crippen molar-refractivity contribution in [2.45, 2.75) is 76.3 Å². The van der Waals surface area contributed by atoms with E-state index in [0.29, 0.717) is 12.1 Å². The fourth-order valence-electron chi connectivity index (χ4n) is 4.88. The van der Waals surface area contributed by atoms with Gasteiger partial charge in [-0.3, -0.25) is 14.4 Å². The van der Waals surface area contributed by atoms with Gasteiger partial charge in [-0.15, -0.1) is 0 Å². The van der Waals surface area contributed by atoms with Crippen LogP contribution in [0.25, 0.3) is 0 Å². The first-order valence-electron chi connectivity index (χ1n) is 12.4. The molecule has 1 aliphatic carbocycles. The highest BCUT2D eigenvalue weighted by molar-refractivity contribution is 6.31. The quantitative estimate of drug-likeness (QED) is 0.454. The zero-order valence-corrected chi connectivity index (χ0v) is 21.8. The van der Waals surface area contributed by atoms with Crippen LogP contribution in [-0.4, -0.2) is 40.2 Å². The van der Waals surface area contributed by atoms with Crippen molar-refractivity contribution in [1.29, 1.82) is 0 Å². The molecule has 0 aromatic heterocycles. The molecule has 0 bridgehead atoms. The van der Waals surface area contributed by atoms with E-state index in [2.05, 4.69) is 10.6 Å². The maximum atomic E-state index is 15.0. The molecule has 2 N–H and O–H groups in total. The van der Waals surface area contributed by atoms with Crippen LogP contribution < -0.4 is 10.6 Å². The molecule has 1 heterocycles. The third-order valence-corrected chi connectivity index (χ3v) is 7.49. The molecule has 3 amide bonds. The molecule has 1 aliphatic heterocycles. The van der Waals surface area contributed by atoms with E-state index >= 15 is 4.39 Å². The van der Waals surface area contributed by atoms with Gasteiger partial charge in [0, 0.05) is 33.8 Å². The Morgan fingerprint density at radius 3 is 2.21 bits per heavy atom. The van der Waals surface area contributed by atoms with Crippen LogP contribution in [0.3, 0.4) is 0 Å². The van der Waals surface area contributed by atoms with Gasteiger partial charge in [0.1, 0.15) is 11.4 Å². The van der Waals surface area contributed by atoms with Crippen LogP contribution >= 0.6 is 11.6 Å². The number of alkyl halides is 3. The molecule has 0 radical (unpaired) electrons. The molecule has 2 aromatic rings. The zero-order chi connectivity index (χ0) is 28.0. The number of hydrogen-bond acceptors (Lipinski definition) is 3. The van der Waals surface area contributed by atoms with Crippen molar-refractivity contribution in [3.8, 4) is 0 Å². The number of carbonyl (C=O) groups excluding carboxylic acids is 3. The van der Waals surface area contributed by atoms with Crippen molar-refractivity contribution in [2.24, 2.45) is 0 Å². The van der Waals surface area contributed by atoms with Crippen molar-refractivity contribution in [3.63, 3.8) is 0 Å². The van der Waals surface area contributed by atoms with Gasteiger partial charge in [0.25, 0.3) is 11.8 Å². The molecule has 6 nitrogen and oxygen atoms in total. The molecule has 2 aromatic carbocycles. The Hall–Kier alpha value is -3.14. The number of nitrogens with zero attached hydrogens (tertiary/aromatic N) is 1. The highest BCUT2D eigenvalue weighted by atomic mass is 35.5. The van der Waals surface area contributed by atoms with Gasteiger partial charge in [-0.05, 0) is 76.8 Å². The highest BCUT2D eigenvalue weighted by Gasteiger charge is 2.51. The Balaban J connectivity index is 1.44. The van der Waals surface area contributed by atoms with Gasteiger partial charge in [-0.25, -0.2) is 4.39 Å².